The molecule has 124 valence electrons. The normalized spacial score (nSPS) is 10.8. The van der Waals surface area contributed by atoms with Crippen LogP contribution in [0.1, 0.15) is 12.6 Å². The molecule has 2 heterocycles. The number of carbonyl (C=O) groups is 1. The van der Waals surface area contributed by atoms with Gasteiger partial charge >= 0.3 is 0 Å². The van der Waals surface area contributed by atoms with Crippen LogP contribution in [-0.2, 0) is 4.79 Å². The third-order valence-electron chi connectivity index (χ3n) is 3.15. The first-order valence-electron chi connectivity index (χ1n) is 7.54. The lowest BCUT2D eigenvalue weighted by molar-refractivity contribution is -0.113. The SMILES string of the molecule is CCOc1ccc(NC(=O)CSc2nc3nc(C)ccc3o2)cc1. The first-order valence-corrected chi connectivity index (χ1v) is 8.52. The summed E-state index contributed by atoms with van der Waals surface area (Å²) in [6.07, 6.45) is 0. The van der Waals surface area contributed by atoms with Gasteiger partial charge in [0, 0.05) is 11.4 Å². The highest BCUT2D eigenvalue weighted by Gasteiger charge is 2.10. The Kier molecular flexibility index (Phi) is 5.00. The molecule has 0 radical (unpaired) electrons. The van der Waals surface area contributed by atoms with Crippen molar-refractivity contribution in [2.75, 3.05) is 17.7 Å². The topological polar surface area (TPSA) is 77.2 Å². The van der Waals surface area contributed by atoms with Crippen LogP contribution in [-0.4, -0.2) is 28.2 Å². The molecule has 0 unspecified atom stereocenters. The van der Waals surface area contributed by atoms with Gasteiger partial charge in [-0.15, -0.1) is 0 Å². The first kappa shape index (κ1) is 16.3. The van der Waals surface area contributed by atoms with E-state index in [1.165, 1.54) is 11.8 Å². The monoisotopic (exact) mass is 343 g/mol. The number of fused-ring (bicyclic) bond motifs is 1. The van der Waals surface area contributed by atoms with Crippen LogP contribution < -0.4 is 10.1 Å². The minimum Gasteiger partial charge on any atom is -0.494 e. The van der Waals surface area contributed by atoms with Crippen LogP contribution in [0.2, 0.25) is 0 Å². The maximum atomic E-state index is 12.0. The molecule has 2 aromatic heterocycles. The van der Waals surface area contributed by atoms with Crippen LogP contribution in [0.5, 0.6) is 5.75 Å². The summed E-state index contributed by atoms with van der Waals surface area (Å²) < 4.78 is 10.9. The third-order valence-corrected chi connectivity index (χ3v) is 3.98. The van der Waals surface area contributed by atoms with E-state index in [0.717, 1.165) is 17.1 Å². The lowest BCUT2D eigenvalue weighted by Gasteiger charge is -2.06. The maximum absolute atomic E-state index is 12.0. The molecule has 6 nitrogen and oxygen atoms in total. The zero-order valence-corrected chi connectivity index (χ0v) is 14.2. The summed E-state index contributed by atoms with van der Waals surface area (Å²) in [5.41, 5.74) is 2.78. The van der Waals surface area contributed by atoms with Crippen molar-refractivity contribution in [3.05, 3.63) is 42.1 Å². The number of carbonyl (C=O) groups excluding carboxylic acids is 1. The van der Waals surface area contributed by atoms with Crippen molar-refractivity contribution in [3.63, 3.8) is 0 Å². The molecule has 0 spiro atoms. The molecule has 0 atom stereocenters. The highest BCUT2D eigenvalue weighted by atomic mass is 32.2. The number of ether oxygens (including phenoxy) is 1. The van der Waals surface area contributed by atoms with Gasteiger partial charge in [0.15, 0.2) is 11.2 Å². The van der Waals surface area contributed by atoms with Crippen LogP contribution >= 0.6 is 11.8 Å². The molecule has 1 N–H and O–H groups in total. The Labute approximate surface area is 143 Å². The number of rotatable bonds is 6. The van der Waals surface area contributed by atoms with Crippen LogP contribution in [0.3, 0.4) is 0 Å². The van der Waals surface area contributed by atoms with Crippen LogP contribution in [0.25, 0.3) is 11.2 Å². The standard InChI is InChI=1S/C17H17N3O3S/c1-3-22-13-7-5-12(6-8-13)19-15(21)10-24-17-20-16-14(23-17)9-4-11(2)18-16/h4-9H,3,10H2,1-2H3,(H,19,21). The van der Waals surface area contributed by atoms with E-state index in [2.05, 4.69) is 15.3 Å². The molecule has 0 saturated heterocycles. The Balaban J connectivity index is 1.56. The Bertz CT molecular complexity index is 846. The predicted molar refractivity (Wildman–Crippen MR) is 93.5 cm³/mol. The summed E-state index contributed by atoms with van der Waals surface area (Å²) in [4.78, 5) is 20.6. The van der Waals surface area contributed by atoms with Crippen molar-refractivity contribution >= 4 is 34.6 Å². The van der Waals surface area contributed by atoms with Crippen LogP contribution in [0.15, 0.2) is 46.0 Å². The van der Waals surface area contributed by atoms with Crippen molar-refractivity contribution in [2.45, 2.75) is 19.1 Å². The molecule has 0 aliphatic heterocycles. The lowest BCUT2D eigenvalue weighted by Crippen LogP contribution is -2.13. The number of amides is 1. The molecular formula is C17H17N3O3S. The average molecular weight is 343 g/mol. The van der Waals surface area contributed by atoms with Crippen LogP contribution in [0, 0.1) is 6.92 Å². The van der Waals surface area contributed by atoms with E-state index in [0.29, 0.717) is 23.1 Å². The first-order chi connectivity index (χ1) is 11.6. The highest BCUT2D eigenvalue weighted by molar-refractivity contribution is 7.99. The summed E-state index contributed by atoms with van der Waals surface area (Å²) in [7, 11) is 0. The van der Waals surface area contributed by atoms with E-state index < -0.39 is 0 Å². The molecular weight excluding hydrogens is 326 g/mol. The van der Waals surface area contributed by atoms with Crippen LogP contribution in [0.4, 0.5) is 5.69 Å². The second-order valence-corrected chi connectivity index (χ2v) is 5.97. The smallest absolute Gasteiger partial charge is 0.258 e. The van der Waals surface area contributed by atoms with Crippen molar-refractivity contribution in [1.29, 1.82) is 0 Å². The van der Waals surface area contributed by atoms with Gasteiger partial charge in [0.1, 0.15) is 5.75 Å². The summed E-state index contributed by atoms with van der Waals surface area (Å²) in [5, 5.41) is 3.26. The Morgan fingerprint density at radius 2 is 2.00 bits per heavy atom. The summed E-state index contributed by atoms with van der Waals surface area (Å²) >= 11 is 1.24. The molecule has 3 rings (SSSR count). The third kappa shape index (κ3) is 4.05. The number of thioether (sulfide) groups is 1. The molecule has 0 bridgehead atoms. The Morgan fingerprint density at radius 3 is 2.75 bits per heavy atom. The largest absolute Gasteiger partial charge is 0.494 e. The maximum Gasteiger partial charge on any atom is 0.258 e. The van der Waals surface area contributed by atoms with E-state index in [1.807, 2.05) is 38.1 Å². The number of benzene rings is 1. The number of nitrogens with one attached hydrogen (secondary N) is 1. The van der Waals surface area contributed by atoms with Crippen molar-refractivity contribution in [1.82, 2.24) is 9.97 Å². The molecule has 0 fully saturated rings. The summed E-state index contributed by atoms with van der Waals surface area (Å²) in [6, 6.07) is 10.9. The minimum atomic E-state index is -0.129. The van der Waals surface area contributed by atoms with Gasteiger partial charge in [0.05, 0.1) is 12.4 Å². The van der Waals surface area contributed by atoms with Crippen molar-refractivity contribution in [3.8, 4) is 5.75 Å². The van der Waals surface area contributed by atoms with Gasteiger partial charge in [-0.05, 0) is 50.2 Å². The fourth-order valence-electron chi connectivity index (χ4n) is 2.08. The van der Waals surface area contributed by atoms with E-state index in [1.54, 1.807) is 12.1 Å². The zero-order valence-electron chi connectivity index (χ0n) is 13.4. The molecule has 3 aromatic rings. The molecule has 1 amide bonds. The minimum absolute atomic E-state index is 0.129. The second-order valence-electron chi connectivity index (χ2n) is 5.05. The molecule has 0 aliphatic rings. The number of oxazole rings is 1. The van der Waals surface area contributed by atoms with Gasteiger partial charge in [0.25, 0.3) is 5.22 Å². The molecule has 1 aromatic carbocycles. The number of aromatic nitrogens is 2. The van der Waals surface area contributed by atoms with Gasteiger partial charge in [-0.1, -0.05) is 11.8 Å². The lowest BCUT2D eigenvalue weighted by atomic mass is 10.3. The second kappa shape index (κ2) is 7.35. The molecule has 0 aliphatic carbocycles. The van der Waals surface area contributed by atoms with E-state index in [4.69, 9.17) is 9.15 Å². The quantitative estimate of drug-likeness (QED) is 0.688. The molecule has 0 saturated carbocycles. The van der Waals surface area contributed by atoms with Gasteiger partial charge < -0.3 is 14.5 Å². The molecule has 24 heavy (non-hydrogen) atoms. The number of anilines is 1. The predicted octanol–water partition coefficient (Wildman–Crippen LogP) is 3.66. The van der Waals surface area contributed by atoms with Gasteiger partial charge in [-0.2, -0.15) is 4.98 Å². The fraction of sp³-hybridized carbons (Fsp3) is 0.235. The summed E-state index contributed by atoms with van der Waals surface area (Å²) in [5.74, 6) is 0.855. The van der Waals surface area contributed by atoms with E-state index in [-0.39, 0.29) is 11.7 Å². The van der Waals surface area contributed by atoms with Gasteiger partial charge in [0.2, 0.25) is 5.91 Å². The summed E-state index contributed by atoms with van der Waals surface area (Å²) in [6.45, 7) is 4.43. The fourth-order valence-corrected chi connectivity index (χ4v) is 2.71. The number of aryl methyl sites for hydroxylation is 1. The number of hydrogen-bond acceptors (Lipinski definition) is 6. The van der Waals surface area contributed by atoms with E-state index >= 15 is 0 Å². The average Bonchev–Trinajstić information content (AvgIpc) is 2.97. The Hall–Kier alpha value is -2.54. The Morgan fingerprint density at radius 1 is 1.21 bits per heavy atom. The van der Waals surface area contributed by atoms with Gasteiger partial charge in [-0.3, -0.25) is 4.79 Å². The zero-order chi connectivity index (χ0) is 16.9. The number of nitrogens with zero attached hydrogens (tertiary/aromatic N) is 2. The van der Waals surface area contributed by atoms with Crippen molar-refractivity contribution in [2.24, 2.45) is 0 Å². The van der Waals surface area contributed by atoms with Gasteiger partial charge in [-0.25, -0.2) is 4.98 Å². The van der Waals surface area contributed by atoms with Crippen molar-refractivity contribution < 1.29 is 13.9 Å². The molecule has 7 heteroatoms. The van der Waals surface area contributed by atoms with E-state index in [9.17, 15) is 4.79 Å². The number of hydrogen-bond donors (Lipinski definition) is 1. The highest BCUT2D eigenvalue weighted by Crippen LogP contribution is 2.23. The number of pyridine rings is 1.